The molecule has 3 rings (SSSR count). The quantitative estimate of drug-likeness (QED) is 0.735. The van der Waals surface area contributed by atoms with Crippen molar-refractivity contribution in [3.05, 3.63) is 58.6 Å². The highest BCUT2D eigenvalue weighted by molar-refractivity contribution is 9.10. The lowest BCUT2D eigenvalue weighted by Crippen LogP contribution is -2.01. The molecule has 0 unspecified atom stereocenters. The number of nitrogens with zero attached hydrogens (tertiary/aromatic N) is 1. The lowest BCUT2D eigenvalue weighted by atomic mass is 10.0. The lowest BCUT2D eigenvalue weighted by Gasteiger charge is -2.10. The van der Waals surface area contributed by atoms with Crippen LogP contribution in [0.3, 0.4) is 0 Å². The predicted molar refractivity (Wildman–Crippen MR) is 83.5 cm³/mol. The Hall–Kier alpha value is -2.40. The molecule has 0 bridgehead atoms. The van der Waals surface area contributed by atoms with Gasteiger partial charge in [-0.3, -0.25) is 0 Å². The molecule has 0 fully saturated rings. The molecule has 4 nitrogen and oxygen atoms in total. The summed E-state index contributed by atoms with van der Waals surface area (Å²) < 4.78 is 0.894. The van der Waals surface area contributed by atoms with Gasteiger partial charge in [-0.2, -0.15) is 0 Å². The van der Waals surface area contributed by atoms with E-state index in [0.29, 0.717) is 16.5 Å². The summed E-state index contributed by atoms with van der Waals surface area (Å²) >= 11 is 3.34. The summed E-state index contributed by atoms with van der Waals surface area (Å²) in [7, 11) is 0. The van der Waals surface area contributed by atoms with Crippen LogP contribution in [0.2, 0.25) is 0 Å². The number of carboxylic acids is 1. The van der Waals surface area contributed by atoms with Crippen LogP contribution >= 0.6 is 15.9 Å². The lowest BCUT2D eigenvalue weighted by molar-refractivity contribution is 0.0696. The Balaban J connectivity index is 2.36. The summed E-state index contributed by atoms with van der Waals surface area (Å²) in [5, 5.41) is 20.1. The van der Waals surface area contributed by atoms with E-state index in [2.05, 4.69) is 20.9 Å². The topological polar surface area (TPSA) is 70.4 Å². The van der Waals surface area contributed by atoms with Gasteiger partial charge in [-0.05, 0) is 18.2 Å². The fourth-order valence-corrected chi connectivity index (χ4v) is 2.49. The maximum atomic E-state index is 11.5. The first-order chi connectivity index (χ1) is 10.1. The minimum absolute atomic E-state index is 0.126. The number of para-hydroxylation sites is 1. The number of carbonyl (C=O) groups is 1. The first kappa shape index (κ1) is 13.6. The zero-order chi connectivity index (χ0) is 15.0. The molecule has 0 aliphatic heterocycles. The van der Waals surface area contributed by atoms with E-state index in [-0.39, 0.29) is 17.0 Å². The van der Waals surface area contributed by atoms with E-state index >= 15 is 0 Å². The normalized spacial score (nSPS) is 10.7. The van der Waals surface area contributed by atoms with Crippen molar-refractivity contribution in [3.63, 3.8) is 0 Å². The van der Waals surface area contributed by atoms with Gasteiger partial charge in [-0.15, -0.1) is 0 Å². The standard InChI is InChI=1S/C16H10BrNO3/c17-10-7-5-9(6-8-10)14-15(19)13(16(20)21)11-3-1-2-4-12(11)18-14/h1-8,19H,(H,20,21). The molecule has 0 aliphatic rings. The van der Waals surface area contributed by atoms with Gasteiger partial charge in [0.25, 0.3) is 0 Å². The number of carboxylic acid groups (broad SMARTS) is 1. The van der Waals surface area contributed by atoms with Crippen LogP contribution in [-0.4, -0.2) is 21.2 Å². The SMILES string of the molecule is O=C(O)c1c(O)c(-c2ccc(Br)cc2)nc2ccccc12. The molecule has 0 atom stereocenters. The van der Waals surface area contributed by atoms with E-state index in [1.807, 2.05) is 12.1 Å². The van der Waals surface area contributed by atoms with Gasteiger partial charge in [0.15, 0.2) is 5.75 Å². The Morgan fingerprint density at radius 1 is 1.05 bits per heavy atom. The third-order valence-electron chi connectivity index (χ3n) is 3.20. The van der Waals surface area contributed by atoms with Gasteiger partial charge in [0.05, 0.1) is 5.52 Å². The van der Waals surface area contributed by atoms with Crippen molar-refractivity contribution in [3.8, 4) is 17.0 Å². The predicted octanol–water partition coefficient (Wildman–Crippen LogP) is 4.07. The van der Waals surface area contributed by atoms with E-state index in [4.69, 9.17) is 0 Å². The van der Waals surface area contributed by atoms with Gasteiger partial charge in [0, 0.05) is 15.4 Å². The number of benzene rings is 2. The second-order valence-electron chi connectivity index (χ2n) is 4.51. The number of halogens is 1. The highest BCUT2D eigenvalue weighted by Gasteiger charge is 2.20. The number of pyridine rings is 1. The maximum absolute atomic E-state index is 11.5. The van der Waals surface area contributed by atoms with Crippen LogP contribution in [0.4, 0.5) is 0 Å². The Morgan fingerprint density at radius 3 is 2.38 bits per heavy atom. The molecule has 3 aromatic rings. The monoisotopic (exact) mass is 343 g/mol. The largest absolute Gasteiger partial charge is 0.505 e. The molecule has 2 aromatic carbocycles. The number of aromatic carboxylic acids is 1. The van der Waals surface area contributed by atoms with Crippen molar-refractivity contribution < 1.29 is 15.0 Å². The van der Waals surface area contributed by atoms with Crippen molar-refractivity contribution in [2.24, 2.45) is 0 Å². The second-order valence-corrected chi connectivity index (χ2v) is 5.43. The third kappa shape index (κ3) is 2.36. The molecular weight excluding hydrogens is 334 g/mol. The Labute approximate surface area is 128 Å². The average Bonchev–Trinajstić information content (AvgIpc) is 2.47. The Morgan fingerprint density at radius 2 is 1.71 bits per heavy atom. The van der Waals surface area contributed by atoms with Gasteiger partial charge < -0.3 is 10.2 Å². The Bertz CT molecular complexity index is 844. The van der Waals surface area contributed by atoms with Crippen molar-refractivity contribution in [2.75, 3.05) is 0 Å². The number of aromatic nitrogens is 1. The first-order valence-electron chi connectivity index (χ1n) is 6.19. The molecule has 1 heterocycles. The zero-order valence-corrected chi connectivity index (χ0v) is 12.3. The highest BCUT2D eigenvalue weighted by Crippen LogP contribution is 2.35. The number of hydrogen-bond acceptors (Lipinski definition) is 3. The number of fused-ring (bicyclic) bond motifs is 1. The maximum Gasteiger partial charge on any atom is 0.340 e. The summed E-state index contributed by atoms with van der Waals surface area (Å²) in [5.41, 5.74) is 1.33. The van der Waals surface area contributed by atoms with E-state index in [0.717, 1.165) is 4.47 Å². The van der Waals surface area contributed by atoms with Crippen molar-refractivity contribution >= 4 is 32.8 Å². The van der Waals surface area contributed by atoms with Crippen molar-refractivity contribution in [1.29, 1.82) is 0 Å². The summed E-state index contributed by atoms with van der Waals surface area (Å²) in [5.74, 6) is -1.49. The zero-order valence-electron chi connectivity index (χ0n) is 10.7. The molecule has 0 saturated carbocycles. The van der Waals surface area contributed by atoms with Crippen LogP contribution in [0.5, 0.6) is 5.75 Å². The van der Waals surface area contributed by atoms with Gasteiger partial charge in [-0.1, -0.05) is 46.3 Å². The van der Waals surface area contributed by atoms with E-state index in [1.165, 1.54) is 0 Å². The van der Waals surface area contributed by atoms with Crippen molar-refractivity contribution in [1.82, 2.24) is 4.98 Å². The smallest absolute Gasteiger partial charge is 0.340 e. The van der Waals surface area contributed by atoms with Crippen molar-refractivity contribution in [2.45, 2.75) is 0 Å². The van der Waals surface area contributed by atoms with Gasteiger partial charge in [0.2, 0.25) is 0 Å². The molecule has 0 aliphatic carbocycles. The first-order valence-corrected chi connectivity index (χ1v) is 6.98. The Kier molecular flexibility index (Phi) is 3.35. The molecule has 0 amide bonds. The van der Waals surface area contributed by atoms with E-state index in [1.54, 1.807) is 36.4 Å². The number of hydrogen-bond donors (Lipinski definition) is 2. The van der Waals surface area contributed by atoms with Gasteiger partial charge in [0.1, 0.15) is 11.3 Å². The van der Waals surface area contributed by atoms with Gasteiger partial charge >= 0.3 is 5.97 Å². The average molecular weight is 344 g/mol. The van der Waals surface area contributed by atoms with Crippen LogP contribution in [0, 0.1) is 0 Å². The molecule has 104 valence electrons. The second kappa shape index (κ2) is 5.18. The van der Waals surface area contributed by atoms with Gasteiger partial charge in [-0.25, -0.2) is 9.78 Å². The van der Waals surface area contributed by atoms with Crippen LogP contribution in [-0.2, 0) is 0 Å². The minimum Gasteiger partial charge on any atom is -0.505 e. The highest BCUT2D eigenvalue weighted by atomic mass is 79.9. The summed E-state index contributed by atoms with van der Waals surface area (Å²) in [6.07, 6.45) is 0. The summed E-state index contributed by atoms with van der Waals surface area (Å²) in [6, 6.07) is 14.0. The number of aromatic hydroxyl groups is 1. The molecular formula is C16H10BrNO3. The van der Waals surface area contributed by atoms with E-state index < -0.39 is 5.97 Å². The molecule has 21 heavy (non-hydrogen) atoms. The fraction of sp³-hybridized carbons (Fsp3) is 0. The molecule has 0 saturated heterocycles. The summed E-state index contributed by atoms with van der Waals surface area (Å²) in [6.45, 7) is 0. The number of rotatable bonds is 2. The molecule has 0 radical (unpaired) electrons. The minimum atomic E-state index is -1.18. The third-order valence-corrected chi connectivity index (χ3v) is 3.73. The molecule has 0 spiro atoms. The van der Waals surface area contributed by atoms with Crippen LogP contribution in [0.15, 0.2) is 53.0 Å². The molecule has 1 aromatic heterocycles. The van der Waals surface area contributed by atoms with E-state index in [9.17, 15) is 15.0 Å². The molecule has 5 heteroatoms. The molecule has 2 N–H and O–H groups in total. The van der Waals surface area contributed by atoms with Crippen LogP contribution in [0.25, 0.3) is 22.2 Å². The summed E-state index contributed by atoms with van der Waals surface area (Å²) in [4.78, 5) is 15.9. The van der Waals surface area contributed by atoms with Crippen LogP contribution < -0.4 is 0 Å². The fourth-order valence-electron chi connectivity index (χ4n) is 2.23. The van der Waals surface area contributed by atoms with Crippen LogP contribution in [0.1, 0.15) is 10.4 Å².